The van der Waals surface area contributed by atoms with Gasteiger partial charge in [-0.05, 0) is 29.3 Å². The lowest BCUT2D eigenvalue weighted by atomic mass is 9.88. The maximum atomic E-state index is 12.9. The fourth-order valence-electron chi connectivity index (χ4n) is 2.98. The molecule has 5 nitrogen and oxygen atoms in total. The van der Waals surface area contributed by atoms with Crippen molar-refractivity contribution < 1.29 is 9.90 Å². The third kappa shape index (κ3) is 4.83. The maximum Gasteiger partial charge on any atom is 0.223 e. The molecule has 1 aromatic heterocycles. The summed E-state index contributed by atoms with van der Waals surface area (Å²) in [5, 5.41) is 10.5. The average Bonchev–Trinajstić information content (AvgIpc) is 2.67. The molecule has 0 saturated carbocycles. The van der Waals surface area contributed by atoms with E-state index in [1.807, 2.05) is 24.3 Å². The van der Waals surface area contributed by atoms with Crippen LogP contribution in [0.5, 0.6) is 5.75 Å². The molecule has 3 rings (SSSR count). The van der Waals surface area contributed by atoms with Gasteiger partial charge < -0.3 is 10.0 Å². The average molecular weight is 382 g/mol. The second kappa shape index (κ2) is 8.64. The van der Waals surface area contributed by atoms with Crippen LogP contribution in [-0.2, 0) is 11.3 Å². The summed E-state index contributed by atoms with van der Waals surface area (Å²) >= 11 is 6.40. The SMILES string of the molecule is CN(Cc1cnccn1)C(=O)C[C@@H](c1cccc(O)c1)c1ccccc1Cl. The van der Waals surface area contributed by atoms with E-state index < -0.39 is 0 Å². The van der Waals surface area contributed by atoms with Crippen molar-refractivity contribution in [2.45, 2.75) is 18.9 Å². The Morgan fingerprint density at radius 2 is 2.00 bits per heavy atom. The summed E-state index contributed by atoms with van der Waals surface area (Å²) in [7, 11) is 1.74. The number of phenolic OH excluding ortho intramolecular Hbond substituents is 1. The molecule has 0 bridgehead atoms. The van der Waals surface area contributed by atoms with E-state index in [4.69, 9.17) is 11.6 Å². The van der Waals surface area contributed by atoms with Crippen LogP contribution >= 0.6 is 11.6 Å². The number of nitrogens with zero attached hydrogens (tertiary/aromatic N) is 3. The van der Waals surface area contributed by atoms with Gasteiger partial charge in [0.2, 0.25) is 5.91 Å². The summed E-state index contributed by atoms with van der Waals surface area (Å²) in [5.41, 5.74) is 2.41. The Kier molecular flexibility index (Phi) is 6.04. The van der Waals surface area contributed by atoms with Crippen LogP contribution in [0.4, 0.5) is 0 Å². The number of phenols is 1. The molecule has 2 aromatic carbocycles. The predicted octanol–water partition coefficient (Wildman–Crippen LogP) is 4.02. The van der Waals surface area contributed by atoms with Crippen molar-refractivity contribution in [2.24, 2.45) is 0 Å². The van der Waals surface area contributed by atoms with E-state index in [0.717, 1.165) is 16.8 Å². The van der Waals surface area contributed by atoms with Gasteiger partial charge in [0, 0.05) is 36.8 Å². The van der Waals surface area contributed by atoms with Crippen molar-refractivity contribution in [3.05, 3.63) is 89.0 Å². The van der Waals surface area contributed by atoms with Crippen molar-refractivity contribution >= 4 is 17.5 Å². The zero-order chi connectivity index (χ0) is 19.2. The van der Waals surface area contributed by atoms with Crippen LogP contribution in [0, 0.1) is 0 Å². The molecule has 1 atom stereocenters. The molecule has 6 heteroatoms. The van der Waals surface area contributed by atoms with Gasteiger partial charge in [-0.2, -0.15) is 0 Å². The highest BCUT2D eigenvalue weighted by Gasteiger charge is 2.23. The van der Waals surface area contributed by atoms with Crippen LogP contribution in [0.2, 0.25) is 5.02 Å². The first-order chi connectivity index (χ1) is 13.0. The third-order valence-corrected chi connectivity index (χ3v) is 4.72. The van der Waals surface area contributed by atoms with Gasteiger partial charge in [-0.3, -0.25) is 14.8 Å². The van der Waals surface area contributed by atoms with E-state index in [1.54, 1.807) is 54.8 Å². The molecule has 1 heterocycles. The fourth-order valence-corrected chi connectivity index (χ4v) is 3.25. The summed E-state index contributed by atoms with van der Waals surface area (Å²) in [5.74, 6) is -0.151. The Morgan fingerprint density at radius 3 is 2.70 bits per heavy atom. The van der Waals surface area contributed by atoms with Crippen LogP contribution in [0.1, 0.15) is 29.2 Å². The number of carbonyl (C=O) groups is 1. The lowest BCUT2D eigenvalue weighted by Crippen LogP contribution is -2.28. The fraction of sp³-hybridized carbons (Fsp3) is 0.190. The minimum Gasteiger partial charge on any atom is -0.508 e. The Balaban J connectivity index is 1.85. The highest BCUT2D eigenvalue weighted by atomic mass is 35.5. The van der Waals surface area contributed by atoms with Gasteiger partial charge in [-0.15, -0.1) is 0 Å². The first-order valence-corrected chi connectivity index (χ1v) is 8.94. The smallest absolute Gasteiger partial charge is 0.223 e. The number of halogens is 1. The van der Waals surface area contributed by atoms with Crippen molar-refractivity contribution in [1.29, 1.82) is 0 Å². The molecule has 0 fully saturated rings. The van der Waals surface area contributed by atoms with Crippen LogP contribution in [-0.4, -0.2) is 32.9 Å². The second-order valence-corrected chi connectivity index (χ2v) is 6.73. The van der Waals surface area contributed by atoms with E-state index in [9.17, 15) is 9.90 Å². The van der Waals surface area contributed by atoms with Crippen molar-refractivity contribution in [3.63, 3.8) is 0 Å². The van der Waals surface area contributed by atoms with Crippen LogP contribution in [0.15, 0.2) is 67.1 Å². The second-order valence-electron chi connectivity index (χ2n) is 6.32. The van der Waals surface area contributed by atoms with Crippen molar-refractivity contribution in [2.75, 3.05) is 7.05 Å². The monoisotopic (exact) mass is 381 g/mol. The molecular formula is C21H20ClN3O2. The standard InChI is InChI=1S/C21H20ClN3O2/c1-25(14-16-13-23-9-10-24-16)21(27)12-19(15-5-4-6-17(26)11-15)18-7-2-3-8-20(18)22/h2-11,13,19,26H,12,14H2,1H3/t19-/m0/s1. The molecule has 1 N–H and O–H groups in total. The number of aromatic nitrogens is 2. The number of hydrogen-bond acceptors (Lipinski definition) is 4. The number of carbonyl (C=O) groups excluding carboxylic acids is 1. The summed E-state index contributed by atoms with van der Waals surface area (Å²) in [6.45, 7) is 0.377. The van der Waals surface area contributed by atoms with Gasteiger partial charge >= 0.3 is 0 Å². The molecular weight excluding hydrogens is 362 g/mol. The predicted molar refractivity (Wildman–Crippen MR) is 105 cm³/mol. The number of hydrogen-bond donors (Lipinski definition) is 1. The molecule has 0 spiro atoms. The molecule has 27 heavy (non-hydrogen) atoms. The molecule has 1 amide bonds. The molecule has 0 aliphatic rings. The Bertz CT molecular complexity index is 918. The van der Waals surface area contributed by atoms with Gasteiger partial charge in [0.15, 0.2) is 0 Å². The normalized spacial score (nSPS) is 11.8. The third-order valence-electron chi connectivity index (χ3n) is 4.37. The van der Waals surface area contributed by atoms with E-state index in [1.165, 1.54) is 0 Å². The minimum absolute atomic E-state index is 0.0473. The quantitative estimate of drug-likeness (QED) is 0.700. The summed E-state index contributed by atoms with van der Waals surface area (Å²) in [6.07, 6.45) is 5.07. The first kappa shape index (κ1) is 18.9. The molecule has 0 radical (unpaired) electrons. The first-order valence-electron chi connectivity index (χ1n) is 8.57. The summed E-state index contributed by atoms with van der Waals surface area (Å²) < 4.78 is 0. The molecule has 0 saturated heterocycles. The van der Waals surface area contributed by atoms with Gasteiger partial charge in [0.05, 0.1) is 18.4 Å². The van der Waals surface area contributed by atoms with Gasteiger partial charge in [0.1, 0.15) is 5.75 Å². The maximum absolute atomic E-state index is 12.9. The molecule has 138 valence electrons. The Morgan fingerprint density at radius 1 is 1.19 bits per heavy atom. The Hall–Kier alpha value is -2.92. The zero-order valence-electron chi connectivity index (χ0n) is 14.9. The van der Waals surface area contributed by atoms with Crippen molar-refractivity contribution in [1.82, 2.24) is 14.9 Å². The summed E-state index contributed by atoms with van der Waals surface area (Å²) in [4.78, 5) is 22.7. The van der Waals surface area contributed by atoms with Crippen molar-refractivity contribution in [3.8, 4) is 5.75 Å². The number of amides is 1. The number of rotatable bonds is 6. The lowest BCUT2D eigenvalue weighted by molar-refractivity contribution is -0.130. The molecule has 0 unspecified atom stereocenters. The lowest BCUT2D eigenvalue weighted by Gasteiger charge is -2.23. The highest BCUT2D eigenvalue weighted by molar-refractivity contribution is 6.31. The summed E-state index contributed by atoms with van der Waals surface area (Å²) in [6, 6.07) is 14.4. The Labute approximate surface area is 163 Å². The van der Waals surface area contributed by atoms with Crippen LogP contribution < -0.4 is 0 Å². The van der Waals surface area contributed by atoms with E-state index >= 15 is 0 Å². The van der Waals surface area contributed by atoms with E-state index in [0.29, 0.717) is 11.6 Å². The number of benzene rings is 2. The molecule has 3 aromatic rings. The van der Waals surface area contributed by atoms with E-state index in [-0.39, 0.29) is 24.0 Å². The minimum atomic E-state index is -0.261. The molecule has 0 aliphatic carbocycles. The van der Waals surface area contributed by atoms with Gasteiger partial charge in [0.25, 0.3) is 0 Å². The number of aromatic hydroxyl groups is 1. The van der Waals surface area contributed by atoms with Gasteiger partial charge in [-0.25, -0.2) is 0 Å². The van der Waals surface area contributed by atoms with Gasteiger partial charge in [-0.1, -0.05) is 41.9 Å². The largest absolute Gasteiger partial charge is 0.508 e. The zero-order valence-corrected chi connectivity index (χ0v) is 15.7. The van der Waals surface area contributed by atoms with E-state index in [2.05, 4.69) is 9.97 Å². The topological polar surface area (TPSA) is 66.3 Å². The molecule has 0 aliphatic heterocycles. The van der Waals surface area contributed by atoms with Crippen LogP contribution in [0.3, 0.4) is 0 Å². The van der Waals surface area contributed by atoms with Crippen LogP contribution in [0.25, 0.3) is 0 Å². The highest BCUT2D eigenvalue weighted by Crippen LogP contribution is 2.34.